The van der Waals surface area contributed by atoms with Crippen molar-refractivity contribution in [1.82, 2.24) is 0 Å². The zero-order valence-electron chi connectivity index (χ0n) is 19.5. The number of fused-ring (bicyclic) bond motifs is 2. The van der Waals surface area contributed by atoms with Gasteiger partial charge in [-0.3, -0.25) is 14.5 Å². The maximum atomic E-state index is 14.2. The molecule has 2 aromatic carbocycles. The van der Waals surface area contributed by atoms with E-state index in [1.165, 1.54) is 17.9 Å². The third-order valence-corrected chi connectivity index (χ3v) is 5.95. The lowest BCUT2D eigenvalue weighted by Gasteiger charge is -2.34. The third kappa shape index (κ3) is 3.88. The van der Waals surface area contributed by atoms with Crippen molar-refractivity contribution in [2.24, 2.45) is 5.73 Å². The van der Waals surface area contributed by atoms with E-state index < -0.39 is 29.8 Å². The van der Waals surface area contributed by atoms with Crippen LogP contribution in [0.3, 0.4) is 0 Å². The Kier molecular flexibility index (Phi) is 6.61. The Bertz CT molecular complexity index is 1360. The SMILES string of the molecule is C=CCOC(=O)C1=C(C)OC(N)=C(C#N)C12C(=O)N(CC(=O)OCc1ccccc1)c1ccccc12. The van der Waals surface area contributed by atoms with Crippen LogP contribution in [0.2, 0.25) is 0 Å². The first kappa shape index (κ1) is 24.3. The van der Waals surface area contributed by atoms with Crippen LogP contribution in [0.4, 0.5) is 5.69 Å². The van der Waals surface area contributed by atoms with Gasteiger partial charge in [0.25, 0.3) is 0 Å². The lowest BCUT2D eigenvalue weighted by atomic mass is 9.68. The second-order valence-electron chi connectivity index (χ2n) is 8.08. The van der Waals surface area contributed by atoms with Gasteiger partial charge in [-0.25, -0.2) is 4.79 Å². The largest absolute Gasteiger partial charge is 0.459 e. The van der Waals surface area contributed by atoms with Crippen molar-refractivity contribution in [1.29, 1.82) is 5.26 Å². The van der Waals surface area contributed by atoms with Crippen LogP contribution < -0.4 is 10.6 Å². The van der Waals surface area contributed by atoms with E-state index in [1.807, 2.05) is 36.4 Å². The van der Waals surface area contributed by atoms with E-state index in [0.717, 1.165) is 5.56 Å². The molecule has 1 unspecified atom stereocenters. The number of nitrogens with two attached hydrogens (primary N) is 1. The summed E-state index contributed by atoms with van der Waals surface area (Å²) in [6, 6.07) is 17.6. The molecule has 2 aromatic rings. The molecule has 1 atom stereocenters. The molecule has 0 aromatic heterocycles. The number of benzene rings is 2. The fourth-order valence-electron chi connectivity index (χ4n) is 4.49. The summed E-state index contributed by atoms with van der Waals surface area (Å²) in [4.78, 5) is 41.3. The zero-order chi connectivity index (χ0) is 25.9. The number of ether oxygens (including phenoxy) is 3. The number of amides is 1. The molecule has 2 heterocycles. The van der Waals surface area contributed by atoms with Gasteiger partial charge < -0.3 is 19.9 Å². The average Bonchev–Trinajstić information content (AvgIpc) is 3.10. The van der Waals surface area contributed by atoms with Gasteiger partial charge in [-0.2, -0.15) is 5.26 Å². The molecule has 0 fully saturated rings. The summed E-state index contributed by atoms with van der Waals surface area (Å²) in [5.41, 5.74) is 5.07. The molecular weight excluding hydrogens is 462 g/mol. The molecule has 2 aliphatic rings. The number of hydrogen-bond acceptors (Lipinski definition) is 8. The van der Waals surface area contributed by atoms with Gasteiger partial charge in [0.1, 0.15) is 42.7 Å². The van der Waals surface area contributed by atoms with Crippen LogP contribution in [-0.2, 0) is 40.6 Å². The fourth-order valence-corrected chi connectivity index (χ4v) is 4.49. The Balaban J connectivity index is 1.78. The minimum absolute atomic E-state index is 0.0113. The highest BCUT2D eigenvalue weighted by Crippen LogP contribution is 2.54. The number of carbonyl (C=O) groups excluding carboxylic acids is 3. The molecule has 9 heteroatoms. The van der Waals surface area contributed by atoms with E-state index in [2.05, 4.69) is 6.58 Å². The summed E-state index contributed by atoms with van der Waals surface area (Å²) >= 11 is 0. The molecule has 36 heavy (non-hydrogen) atoms. The Labute approximate surface area is 207 Å². The summed E-state index contributed by atoms with van der Waals surface area (Å²) in [5, 5.41) is 10.0. The highest BCUT2D eigenvalue weighted by molar-refractivity contribution is 6.19. The normalized spacial score (nSPS) is 18.4. The van der Waals surface area contributed by atoms with Crippen LogP contribution >= 0.6 is 0 Å². The second kappa shape index (κ2) is 9.80. The first-order valence-electron chi connectivity index (χ1n) is 11.0. The van der Waals surface area contributed by atoms with Gasteiger partial charge in [0.15, 0.2) is 5.41 Å². The molecule has 1 amide bonds. The maximum Gasteiger partial charge on any atom is 0.339 e. The zero-order valence-corrected chi connectivity index (χ0v) is 19.5. The number of carbonyl (C=O) groups is 3. The van der Waals surface area contributed by atoms with Gasteiger partial charge in [0.05, 0.1) is 0 Å². The van der Waals surface area contributed by atoms with Crippen molar-refractivity contribution in [2.75, 3.05) is 18.1 Å². The number of anilines is 1. The van der Waals surface area contributed by atoms with E-state index in [0.29, 0.717) is 11.3 Å². The number of esters is 2. The van der Waals surface area contributed by atoms with Crippen molar-refractivity contribution in [3.63, 3.8) is 0 Å². The molecule has 2 N–H and O–H groups in total. The van der Waals surface area contributed by atoms with Crippen LogP contribution in [0, 0.1) is 11.3 Å². The van der Waals surface area contributed by atoms with Crippen LogP contribution in [0.15, 0.2) is 90.0 Å². The minimum Gasteiger partial charge on any atom is -0.459 e. The van der Waals surface area contributed by atoms with Crippen molar-refractivity contribution >= 4 is 23.5 Å². The first-order valence-corrected chi connectivity index (χ1v) is 11.0. The maximum absolute atomic E-state index is 14.2. The molecule has 0 bridgehead atoms. The highest BCUT2D eigenvalue weighted by Gasteiger charge is 2.62. The summed E-state index contributed by atoms with van der Waals surface area (Å²) in [7, 11) is 0. The monoisotopic (exact) mass is 485 g/mol. The molecule has 0 aliphatic carbocycles. The van der Waals surface area contributed by atoms with Gasteiger partial charge in [-0.15, -0.1) is 0 Å². The first-order chi connectivity index (χ1) is 17.4. The number of hydrogen-bond donors (Lipinski definition) is 1. The molecule has 0 saturated carbocycles. The Morgan fingerprint density at radius 3 is 2.56 bits per heavy atom. The molecule has 1 spiro atoms. The van der Waals surface area contributed by atoms with Crippen molar-refractivity contribution in [2.45, 2.75) is 18.9 Å². The Hall–Kier alpha value is -4.84. The standard InChI is InChI=1S/C27H23N3O6/c1-3-13-34-25(32)23-17(2)36-24(29)20(14-28)27(23)19-11-7-8-12-21(19)30(26(27)33)15-22(31)35-16-18-9-5-4-6-10-18/h3-12H,1,13,15-16,29H2,2H3. The predicted molar refractivity (Wildman–Crippen MR) is 128 cm³/mol. The summed E-state index contributed by atoms with van der Waals surface area (Å²) in [5.74, 6) is -2.56. The lowest BCUT2D eigenvalue weighted by molar-refractivity contribution is -0.144. The number of para-hydroxylation sites is 1. The van der Waals surface area contributed by atoms with Crippen molar-refractivity contribution in [3.8, 4) is 6.07 Å². The molecule has 2 aliphatic heterocycles. The van der Waals surface area contributed by atoms with E-state index in [9.17, 15) is 19.6 Å². The molecular formula is C27H23N3O6. The summed E-state index contributed by atoms with van der Waals surface area (Å²) in [6.07, 6.45) is 1.37. The smallest absolute Gasteiger partial charge is 0.339 e. The summed E-state index contributed by atoms with van der Waals surface area (Å²) in [6.45, 7) is 4.44. The minimum atomic E-state index is -1.95. The van der Waals surface area contributed by atoms with Gasteiger partial charge in [-0.05, 0) is 18.6 Å². The number of rotatable bonds is 7. The topological polar surface area (TPSA) is 132 Å². The second-order valence-corrected chi connectivity index (χ2v) is 8.08. The predicted octanol–water partition coefficient (Wildman–Crippen LogP) is 2.74. The number of nitriles is 1. The van der Waals surface area contributed by atoms with Crippen LogP contribution in [-0.4, -0.2) is 31.0 Å². The average molecular weight is 485 g/mol. The van der Waals surface area contributed by atoms with Gasteiger partial charge in [0.2, 0.25) is 11.8 Å². The molecule has 182 valence electrons. The Morgan fingerprint density at radius 2 is 1.86 bits per heavy atom. The van der Waals surface area contributed by atoms with Gasteiger partial charge >= 0.3 is 11.9 Å². The van der Waals surface area contributed by atoms with Gasteiger partial charge in [0, 0.05) is 11.3 Å². The van der Waals surface area contributed by atoms with E-state index in [-0.39, 0.29) is 36.0 Å². The summed E-state index contributed by atoms with van der Waals surface area (Å²) < 4.78 is 16.1. The van der Waals surface area contributed by atoms with E-state index >= 15 is 0 Å². The van der Waals surface area contributed by atoms with E-state index in [4.69, 9.17) is 19.9 Å². The molecule has 9 nitrogen and oxygen atoms in total. The van der Waals surface area contributed by atoms with Crippen molar-refractivity contribution in [3.05, 3.63) is 101 Å². The highest BCUT2D eigenvalue weighted by atomic mass is 16.5. The van der Waals surface area contributed by atoms with Crippen molar-refractivity contribution < 1.29 is 28.6 Å². The number of nitrogens with zero attached hydrogens (tertiary/aromatic N) is 2. The lowest BCUT2D eigenvalue weighted by Crippen LogP contribution is -2.49. The fraction of sp³-hybridized carbons (Fsp3) is 0.185. The quantitative estimate of drug-likeness (QED) is 0.468. The third-order valence-electron chi connectivity index (χ3n) is 5.95. The van der Waals surface area contributed by atoms with Crippen LogP contribution in [0.5, 0.6) is 0 Å². The Morgan fingerprint density at radius 1 is 1.17 bits per heavy atom. The molecule has 0 radical (unpaired) electrons. The number of allylic oxidation sites excluding steroid dienone is 1. The van der Waals surface area contributed by atoms with Crippen LogP contribution in [0.1, 0.15) is 18.1 Å². The van der Waals surface area contributed by atoms with Crippen LogP contribution in [0.25, 0.3) is 0 Å². The van der Waals surface area contributed by atoms with E-state index in [1.54, 1.807) is 24.3 Å². The molecule has 0 saturated heterocycles. The van der Waals surface area contributed by atoms with Gasteiger partial charge in [-0.1, -0.05) is 61.2 Å². The molecule has 4 rings (SSSR count).